The van der Waals surface area contributed by atoms with Crippen LogP contribution in [0.5, 0.6) is 11.5 Å². The molecule has 0 radical (unpaired) electrons. The van der Waals surface area contributed by atoms with Crippen LogP contribution in [0.4, 0.5) is 5.69 Å². The molecule has 0 saturated carbocycles. The Labute approximate surface area is 235 Å². The summed E-state index contributed by atoms with van der Waals surface area (Å²) in [6, 6.07) is 28.6. The largest absolute Gasteiger partial charge is 0.489 e. The molecule has 0 unspecified atom stereocenters. The topological polar surface area (TPSA) is 71.3 Å². The first-order valence-corrected chi connectivity index (χ1v) is 12.6. The molecule has 0 atom stereocenters. The van der Waals surface area contributed by atoms with E-state index in [0.29, 0.717) is 51.0 Å². The number of nitriles is 1. The third kappa shape index (κ3) is 7.77. The number of rotatable bonds is 9. The van der Waals surface area contributed by atoms with Crippen LogP contribution in [0, 0.1) is 11.3 Å². The van der Waals surface area contributed by atoms with Gasteiger partial charge >= 0.3 is 0 Å². The van der Waals surface area contributed by atoms with Gasteiger partial charge in [0.25, 0.3) is 5.91 Å². The van der Waals surface area contributed by atoms with Crippen LogP contribution in [0.2, 0.25) is 15.1 Å². The minimum Gasteiger partial charge on any atom is -0.489 e. The van der Waals surface area contributed by atoms with E-state index in [1.54, 1.807) is 66.7 Å². The molecule has 5 nitrogen and oxygen atoms in total. The van der Waals surface area contributed by atoms with Gasteiger partial charge in [0, 0.05) is 15.7 Å². The maximum atomic E-state index is 12.7. The van der Waals surface area contributed by atoms with E-state index in [1.165, 1.54) is 6.08 Å². The highest BCUT2D eigenvalue weighted by atomic mass is 35.5. The van der Waals surface area contributed by atoms with Gasteiger partial charge in [-0.1, -0.05) is 65.1 Å². The van der Waals surface area contributed by atoms with Crippen LogP contribution in [0.25, 0.3) is 6.08 Å². The van der Waals surface area contributed by atoms with Gasteiger partial charge in [0.1, 0.15) is 36.4 Å². The molecule has 38 heavy (non-hydrogen) atoms. The molecule has 4 aromatic carbocycles. The summed E-state index contributed by atoms with van der Waals surface area (Å²) in [5.41, 5.74) is 2.97. The number of nitrogens with zero attached hydrogens (tertiary/aromatic N) is 1. The standard InChI is InChI=1S/C30H21Cl3N2O3/c31-24-6-1-20(2-7-24)18-37-27-12-10-26(11-13-27)35-30(36)23(17-34)15-22-5-14-29(28(33)16-22)38-19-21-3-8-25(32)9-4-21/h1-16H,18-19H2,(H,35,36)/b23-15+. The SMILES string of the molecule is N#C/C(=C\c1ccc(OCc2ccc(Cl)cc2)c(Cl)c1)C(=O)Nc1ccc(OCc2ccc(Cl)cc2)cc1. The lowest BCUT2D eigenvalue weighted by Gasteiger charge is -2.10. The molecule has 1 N–H and O–H groups in total. The zero-order chi connectivity index (χ0) is 26.9. The lowest BCUT2D eigenvalue weighted by Crippen LogP contribution is -2.13. The van der Waals surface area contributed by atoms with Crippen LogP contribution in [0.3, 0.4) is 0 Å². The van der Waals surface area contributed by atoms with Gasteiger partial charge < -0.3 is 14.8 Å². The van der Waals surface area contributed by atoms with Crippen LogP contribution < -0.4 is 14.8 Å². The van der Waals surface area contributed by atoms with Crippen molar-refractivity contribution in [1.29, 1.82) is 5.26 Å². The Balaban J connectivity index is 1.34. The molecule has 0 fully saturated rings. The Morgan fingerprint density at radius 2 is 1.37 bits per heavy atom. The number of benzene rings is 4. The zero-order valence-corrected chi connectivity index (χ0v) is 22.2. The predicted molar refractivity (Wildman–Crippen MR) is 152 cm³/mol. The second-order valence-electron chi connectivity index (χ2n) is 8.17. The van der Waals surface area contributed by atoms with Gasteiger partial charge in [0.05, 0.1) is 5.02 Å². The average Bonchev–Trinajstić information content (AvgIpc) is 2.92. The summed E-state index contributed by atoms with van der Waals surface area (Å²) in [5, 5.41) is 14.0. The molecular weight excluding hydrogens is 543 g/mol. The number of nitrogens with one attached hydrogen (secondary N) is 1. The van der Waals surface area contributed by atoms with Gasteiger partial charge in [-0.3, -0.25) is 4.79 Å². The van der Waals surface area contributed by atoms with Crippen LogP contribution in [-0.4, -0.2) is 5.91 Å². The van der Waals surface area contributed by atoms with Gasteiger partial charge in [0.15, 0.2) is 0 Å². The van der Waals surface area contributed by atoms with Crippen molar-refractivity contribution in [2.45, 2.75) is 13.2 Å². The van der Waals surface area contributed by atoms with Crippen molar-refractivity contribution in [3.63, 3.8) is 0 Å². The van der Waals surface area contributed by atoms with Crippen LogP contribution in [-0.2, 0) is 18.0 Å². The van der Waals surface area contributed by atoms with Gasteiger partial charge in [-0.25, -0.2) is 0 Å². The van der Waals surface area contributed by atoms with E-state index in [0.717, 1.165) is 11.1 Å². The quantitative estimate of drug-likeness (QED) is 0.164. The van der Waals surface area contributed by atoms with E-state index < -0.39 is 5.91 Å². The Bertz CT molecular complexity index is 1480. The van der Waals surface area contributed by atoms with Gasteiger partial charge in [-0.05, 0) is 83.4 Å². The number of halogens is 3. The molecule has 0 heterocycles. The number of carbonyl (C=O) groups excluding carboxylic acids is 1. The molecule has 0 aliphatic heterocycles. The maximum absolute atomic E-state index is 12.7. The molecule has 4 rings (SSSR count). The van der Waals surface area contributed by atoms with Crippen LogP contribution in [0.1, 0.15) is 16.7 Å². The first kappa shape index (κ1) is 27.1. The number of hydrogen-bond acceptors (Lipinski definition) is 4. The molecule has 4 aromatic rings. The summed E-state index contributed by atoms with van der Waals surface area (Å²) < 4.78 is 11.5. The molecule has 0 saturated heterocycles. The number of carbonyl (C=O) groups is 1. The summed E-state index contributed by atoms with van der Waals surface area (Å²) in [5.74, 6) is 0.587. The van der Waals surface area contributed by atoms with Crippen molar-refractivity contribution >= 4 is 52.5 Å². The first-order chi connectivity index (χ1) is 18.4. The van der Waals surface area contributed by atoms with E-state index in [4.69, 9.17) is 44.3 Å². The Morgan fingerprint density at radius 3 is 1.92 bits per heavy atom. The average molecular weight is 564 g/mol. The smallest absolute Gasteiger partial charge is 0.266 e. The van der Waals surface area contributed by atoms with E-state index in [2.05, 4.69) is 5.32 Å². The van der Waals surface area contributed by atoms with E-state index in [-0.39, 0.29) is 5.57 Å². The van der Waals surface area contributed by atoms with Gasteiger partial charge in [0.2, 0.25) is 0 Å². The third-order valence-electron chi connectivity index (χ3n) is 5.37. The number of amides is 1. The first-order valence-electron chi connectivity index (χ1n) is 11.5. The van der Waals surface area contributed by atoms with Crippen molar-refractivity contribution < 1.29 is 14.3 Å². The van der Waals surface area contributed by atoms with Crippen molar-refractivity contribution in [3.8, 4) is 17.6 Å². The maximum Gasteiger partial charge on any atom is 0.266 e. The highest BCUT2D eigenvalue weighted by Gasteiger charge is 2.11. The van der Waals surface area contributed by atoms with Gasteiger partial charge in [-0.2, -0.15) is 5.26 Å². The molecule has 8 heteroatoms. The fourth-order valence-electron chi connectivity index (χ4n) is 3.36. The van der Waals surface area contributed by atoms with Crippen molar-refractivity contribution in [2.75, 3.05) is 5.32 Å². The predicted octanol–water partition coefficient (Wildman–Crippen LogP) is 8.35. The minimum atomic E-state index is -0.540. The summed E-state index contributed by atoms with van der Waals surface area (Å²) in [6.45, 7) is 0.709. The molecule has 0 aliphatic rings. The number of ether oxygens (including phenoxy) is 2. The number of anilines is 1. The minimum absolute atomic E-state index is 0.0704. The highest BCUT2D eigenvalue weighted by Crippen LogP contribution is 2.28. The Hall–Kier alpha value is -3.95. The van der Waals surface area contributed by atoms with Crippen LogP contribution in [0.15, 0.2) is 96.6 Å². The highest BCUT2D eigenvalue weighted by molar-refractivity contribution is 6.32. The second-order valence-corrected chi connectivity index (χ2v) is 9.45. The van der Waals surface area contributed by atoms with E-state index in [1.807, 2.05) is 30.3 Å². The molecule has 0 bridgehead atoms. The van der Waals surface area contributed by atoms with Crippen molar-refractivity contribution in [1.82, 2.24) is 0 Å². The third-order valence-corrected chi connectivity index (χ3v) is 6.17. The summed E-state index contributed by atoms with van der Waals surface area (Å²) in [7, 11) is 0. The fourth-order valence-corrected chi connectivity index (χ4v) is 3.86. The lowest BCUT2D eigenvalue weighted by molar-refractivity contribution is -0.112. The molecule has 0 aliphatic carbocycles. The normalized spacial score (nSPS) is 10.9. The lowest BCUT2D eigenvalue weighted by atomic mass is 10.1. The van der Waals surface area contributed by atoms with Gasteiger partial charge in [-0.15, -0.1) is 0 Å². The molecule has 190 valence electrons. The Kier molecular flexibility index (Phi) is 9.29. The fraction of sp³-hybridized carbons (Fsp3) is 0.0667. The number of hydrogen-bond donors (Lipinski definition) is 1. The second kappa shape index (κ2) is 13.0. The molecule has 0 aromatic heterocycles. The molecule has 1 amide bonds. The molecular formula is C30H21Cl3N2O3. The van der Waals surface area contributed by atoms with E-state index in [9.17, 15) is 10.1 Å². The van der Waals surface area contributed by atoms with E-state index >= 15 is 0 Å². The summed E-state index contributed by atoms with van der Waals surface area (Å²) >= 11 is 18.2. The van der Waals surface area contributed by atoms with Crippen LogP contribution >= 0.6 is 34.8 Å². The summed E-state index contributed by atoms with van der Waals surface area (Å²) in [4.78, 5) is 12.7. The van der Waals surface area contributed by atoms with Crippen molar-refractivity contribution in [3.05, 3.63) is 128 Å². The summed E-state index contributed by atoms with van der Waals surface area (Å²) in [6.07, 6.45) is 1.47. The zero-order valence-electron chi connectivity index (χ0n) is 20.0. The van der Waals surface area contributed by atoms with Crippen molar-refractivity contribution in [2.24, 2.45) is 0 Å². The molecule has 0 spiro atoms. The monoisotopic (exact) mass is 562 g/mol. The Morgan fingerprint density at radius 1 is 0.789 bits per heavy atom.